The molecular weight excluding hydrogens is 488 g/mol. The molecule has 0 saturated carbocycles. The minimum Gasteiger partial charge on any atom is -0.444 e. The number of thiazole rings is 1. The molecule has 11 heteroatoms. The Morgan fingerprint density at radius 2 is 1.97 bits per heavy atom. The summed E-state index contributed by atoms with van der Waals surface area (Å²) in [5, 5.41) is 21.2. The highest BCUT2D eigenvalue weighted by molar-refractivity contribution is 7.80. The Morgan fingerprint density at radius 3 is 2.60 bits per heavy atom. The van der Waals surface area contributed by atoms with Crippen LogP contribution in [0.2, 0.25) is 0 Å². The van der Waals surface area contributed by atoms with Crippen LogP contribution in [0.1, 0.15) is 56.4 Å². The second kappa shape index (κ2) is 10.6. The fraction of sp³-hybridized carbons (Fsp3) is 0.500. The highest BCUT2D eigenvalue weighted by Crippen LogP contribution is 2.43. The number of amides is 2. The van der Waals surface area contributed by atoms with Crippen molar-refractivity contribution in [1.29, 1.82) is 0 Å². The SMILES string of the molecule is CC(C)(C)OC(=O)Nc1csc([C@]2(NC(=S)NC(=O)c3ccccc3)COC(C)(C)C[C@H]2CO)n1. The van der Waals surface area contributed by atoms with Crippen LogP contribution < -0.4 is 16.0 Å². The first-order valence-electron chi connectivity index (χ1n) is 11.2. The lowest BCUT2D eigenvalue weighted by atomic mass is 9.76. The van der Waals surface area contributed by atoms with E-state index in [1.54, 1.807) is 50.4 Å². The number of nitrogens with zero attached hydrogens (tertiary/aromatic N) is 1. The molecule has 3 rings (SSSR count). The highest BCUT2D eigenvalue weighted by Gasteiger charge is 2.50. The molecule has 2 atom stereocenters. The van der Waals surface area contributed by atoms with Crippen molar-refractivity contribution in [2.45, 2.75) is 57.8 Å². The molecule has 0 aliphatic carbocycles. The summed E-state index contributed by atoms with van der Waals surface area (Å²) >= 11 is 6.77. The number of ether oxygens (including phenoxy) is 2. The molecule has 1 aromatic heterocycles. The molecule has 0 radical (unpaired) electrons. The molecule has 0 unspecified atom stereocenters. The lowest BCUT2D eigenvalue weighted by molar-refractivity contribution is -0.129. The van der Waals surface area contributed by atoms with Crippen molar-refractivity contribution >= 4 is 46.5 Å². The third-order valence-corrected chi connectivity index (χ3v) is 6.68. The fourth-order valence-corrected chi connectivity index (χ4v) is 5.09. The van der Waals surface area contributed by atoms with E-state index in [9.17, 15) is 14.7 Å². The molecule has 0 bridgehead atoms. The van der Waals surface area contributed by atoms with Crippen LogP contribution in [-0.4, -0.2) is 51.6 Å². The number of hydrogen-bond acceptors (Lipinski definition) is 8. The number of thiocarbonyl (C=S) groups is 1. The van der Waals surface area contributed by atoms with Gasteiger partial charge in [0.25, 0.3) is 5.91 Å². The minimum absolute atomic E-state index is 0.0810. The maximum Gasteiger partial charge on any atom is 0.413 e. The van der Waals surface area contributed by atoms with E-state index in [4.69, 9.17) is 21.7 Å². The van der Waals surface area contributed by atoms with Gasteiger partial charge in [0, 0.05) is 23.5 Å². The average Bonchev–Trinajstić information content (AvgIpc) is 3.22. The normalized spacial score (nSPS) is 21.6. The van der Waals surface area contributed by atoms with Gasteiger partial charge in [-0.1, -0.05) is 18.2 Å². The highest BCUT2D eigenvalue weighted by atomic mass is 32.1. The van der Waals surface area contributed by atoms with Gasteiger partial charge in [0.15, 0.2) is 5.11 Å². The van der Waals surface area contributed by atoms with Gasteiger partial charge >= 0.3 is 6.09 Å². The molecule has 190 valence electrons. The van der Waals surface area contributed by atoms with E-state index in [1.807, 2.05) is 19.9 Å². The van der Waals surface area contributed by atoms with Crippen molar-refractivity contribution in [3.05, 3.63) is 46.3 Å². The van der Waals surface area contributed by atoms with Crippen LogP contribution in [0.25, 0.3) is 0 Å². The zero-order valence-corrected chi connectivity index (χ0v) is 22.1. The molecule has 1 aliphatic heterocycles. The van der Waals surface area contributed by atoms with E-state index in [2.05, 4.69) is 20.9 Å². The minimum atomic E-state index is -1.02. The molecule has 1 aliphatic rings. The number of hydrogen-bond donors (Lipinski definition) is 4. The van der Waals surface area contributed by atoms with Crippen LogP contribution in [0.5, 0.6) is 0 Å². The second-order valence-corrected chi connectivity index (χ2v) is 11.3. The molecule has 4 N–H and O–H groups in total. The number of aromatic nitrogens is 1. The number of carbonyl (C=O) groups excluding carboxylic acids is 2. The van der Waals surface area contributed by atoms with Crippen molar-refractivity contribution in [3.8, 4) is 0 Å². The summed E-state index contributed by atoms with van der Waals surface area (Å²) in [6.45, 7) is 9.20. The van der Waals surface area contributed by atoms with Gasteiger partial charge in [0.2, 0.25) is 0 Å². The van der Waals surface area contributed by atoms with Crippen LogP contribution in [0, 0.1) is 5.92 Å². The summed E-state index contributed by atoms with van der Waals surface area (Å²) in [5.74, 6) is -0.387. The first kappa shape index (κ1) is 27.0. The van der Waals surface area contributed by atoms with Crippen LogP contribution >= 0.6 is 23.6 Å². The summed E-state index contributed by atoms with van der Waals surface area (Å²) in [4.78, 5) is 29.4. The van der Waals surface area contributed by atoms with Crippen LogP contribution in [-0.2, 0) is 15.0 Å². The number of aliphatic hydroxyl groups excluding tert-OH is 1. The van der Waals surface area contributed by atoms with E-state index < -0.39 is 22.8 Å². The van der Waals surface area contributed by atoms with Gasteiger partial charge in [-0.2, -0.15) is 0 Å². The van der Waals surface area contributed by atoms with Crippen molar-refractivity contribution in [1.82, 2.24) is 15.6 Å². The zero-order valence-electron chi connectivity index (χ0n) is 20.5. The molecule has 9 nitrogen and oxygen atoms in total. The van der Waals surface area contributed by atoms with Gasteiger partial charge in [0.05, 0.1) is 12.2 Å². The Balaban J connectivity index is 1.86. The van der Waals surface area contributed by atoms with Gasteiger partial charge in [0.1, 0.15) is 22.0 Å². The predicted molar refractivity (Wildman–Crippen MR) is 139 cm³/mol. The van der Waals surface area contributed by atoms with Crippen molar-refractivity contribution < 1.29 is 24.2 Å². The van der Waals surface area contributed by atoms with Crippen molar-refractivity contribution in [2.75, 3.05) is 18.5 Å². The standard InChI is InChI=1S/C24H32N4O5S2/c1-22(2,3)33-21(31)26-17-13-35-19(25-17)24(14-32-23(4,5)11-16(24)12-29)28-20(34)27-18(30)15-9-7-6-8-10-15/h6-10,13,16,29H,11-12,14H2,1-5H3,(H,26,31)(H2,27,28,30,34)/t16-,24-/m0/s1. The third-order valence-electron chi connectivity index (χ3n) is 5.46. The lowest BCUT2D eigenvalue weighted by Gasteiger charge is -2.48. The maximum atomic E-state index is 12.6. The number of aliphatic hydroxyl groups is 1. The smallest absolute Gasteiger partial charge is 0.413 e. The molecular formula is C24H32N4O5S2. The van der Waals surface area contributed by atoms with E-state index >= 15 is 0 Å². The molecule has 2 amide bonds. The van der Waals surface area contributed by atoms with Gasteiger partial charge in [-0.3, -0.25) is 15.4 Å². The van der Waals surface area contributed by atoms with Gasteiger partial charge in [-0.25, -0.2) is 9.78 Å². The summed E-state index contributed by atoms with van der Waals surface area (Å²) in [6, 6.07) is 8.72. The monoisotopic (exact) mass is 520 g/mol. The van der Waals surface area contributed by atoms with Crippen LogP contribution in [0.3, 0.4) is 0 Å². The molecule has 2 heterocycles. The van der Waals surface area contributed by atoms with Crippen LogP contribution in [0.4, 0.5) is 10.6 Å². The van der Waals surface area contributed by atoms with E-state index in [1.165, 1.54) is 11.3 Å². The largest absolute Gasteiger partial charge is 0.444 e. The summed E-state index contributed by atoms with van der Waals surface area (Å²) in [5.41, 5.74) is -1.69. The predicted octanol–water partition coefficient (Wildman–Crippen LogP) is 3.80. The molecule has 2 aromatic rings. The topological polar surface area (TPSA) is 122 Å². The van der Waals surface area contributed by atoms with E-state index in [0.29, 0.717) is 22.8 Å². The summed E-state index contributed by atoms with van der Waals surface area (Å²) in [6.07, 6.45) is -0.109. The number of carbonyl (C=O) groups is 2. The van der Waals surface area contributed by atoms with E-state index in [-0.39, 0.29) is 30.2 Å². The molecule has 1 aromatic carbocycles. The zero-order chi connectivity index (χ0) is 25.9. The number of benzene rings is 1. The molecule has 0 spiro atoms. The third kappa shape index (κ3) is 6.97. The average molecular weight is 521 g/mol. The first-order chi connectivity index (χ1) is 16.3. The summed E-state index contributed by atoms with van der Waals surface area (Å²) < 4.78 is 11.4. The van der Waals surface area contributed by atoms with Gasteiger partial charge in [-0.05, 0) is 65.4 Å². The first-order valence-corrected chi connectivity index (χ1v) is 12.5. The van der Waals surface area contributed by atoms with Gasteiger partial charge in [-0.15, -0.1) is 11.3 Å². The lowest BCUT2D eigenvalue weighted by Crippen LogP contribution is -2.62. The van der Waals surface area contributed by atoms with Crippen molar-refractivity contribution in [3.63, 3.8) is 0 Å². The molecule has 1 saturated heterocycles. The number of rotatable bonds is 5. The summed E-state index contributed by atoms with van der Waals surface area (Å²) in [7, 11) is 0. The Kier molecular flexibility index (Phi) is 8.15. The Hall–Kier alpha value is -2.60. The van der Waals surface area contributed by atoms with E-state index in [0.717, 1.165) is 0 Å². The molecule has 1 fully saturated rings. The second-order valence-electron chi connectivity index (χ2n) is 10.0. The molecule has 35 heavy (non-hydrogen) atoms. The quantitative estimate of drug-likeness (QED) is 0.439. The Labute approximate surface area is 214 Å². The maximum absolute atomic E-state index is 12.6. The Bertz CT molecular complexity index is 1070. The number of nitrogens with one attached hydrogen (secondary N) is 3. The Morgan fingerprint density at radius 1 is 1.29 bits per heavy atom. The van der Waals surface area contributed by atoms with Gasteiger partial charge < -0.3 is 19.9 Å². The fourth-order valence-electron chi connectivity index (χ4n) is 3.84. The van der Waals surface area contributed by atoms with Crippen molar-refractivity contribution in [2.24, 2.45) is 5.92 Å². The van der Waals surface area contributed by atoms with Crippen LogP contribution in [0.15, 0.2) is 35.7 Å². The number of anilines is 1.